The van der Waals surface area contributed by atoms with Gasteiger partial charge in [0.05, 0.1) is 13.5 Å². The van der Waals surface area contributed by atoms with E-state index in [0.717, 1.165) is 32.1 Å². The number of allylic oxidation sites excluding steroid dienone is 6. The summed E-state index contributed by atoms with van der Waals surface area (Å²) >= 11 is 0. The topological polar surface area (TPSA) is 44.8 Å². The fourth-order valence-electron chi connectivity index (χ4n) is 3.64. The zero-order valence-electron chi connectivity index (χ0n) is 18.4. The van der Waals surface area contributed by atoms with Crippen LogP contribution < -0.4 is 0 Å². The normalized spacial score (nSPS) is 25.4. The molecule has 1 rings (SSSR count). The van der Waals surface area contributed by atoms with Gasteiger partial charge in [-0.15, -0.1) is 0 Å². The molecule has 0 N–H and O–H groups in total. The Morgan fingerprint density at radius 3 is 2.18 bits per heavy atom. The van der Waals surface area contributed by atoms with Crippen molar-refractivity contribution in [2.45, 2.75) is 103 Å². The van der Waals surface area contributed by atoms with Crippen molar-refractivity contribution in [3.63, 3.8) is 0 Å². The number of hydrogen-bond donors (Lipinski definition) is 0. The van der Waals surface area contributed by atoms with Crippen molar-refractivity contribution in [1.29, 1.82) is 0 Å². The van der Waals surface area contributed by atoms with E-state index in [1.54, 1.807) is 0 Å². The largest absolute Gasteiger partial charge is 0.469 e. The van der Waals surface area contributed by atoms with Crippen molar-refractivity contribution in [2.24, 2.45) is 0 Å². The SMILES string of the molecule is CC/C=C/C=C/C=C/CCCCCCCC[C@]1(C)C[C@@](C)(CC(=O)OC)OO1. The third-order valence-electron chi connectivity index (χ3n) is 5.11. The van der Waals surface area contributed by atoms with Crippen molar-refractivity contribution in [1.82, 2.24) is 0 Å². The van der Waals surface area contributed by atoms with E-state index < -0.39 is 5.60 Å². The summed E-state index contributed by atoms with van der Waals surface area (Å²) in [6, 6.07) is 0. The lowest BCUT2D eigenvalue weighted by atomic mass is 9.85. The Kier molecular flexibility index (Phi) is 12.1. The van der Waals surface area contributed by atoms with E-state index in [0.29, 0.717) is 0 Å². The van der Waals surface area contributed by atoms with Crippen LogP contribution in [0.25, 0.3) is 0 Å². The lowest BCUT2D eigenvalue weighted by Crippen LogP contribution is -2.31. The van der Waals surface area contributed by atoms with Crippen LogP contribution in [0.15, 0.2) is 36.5 Å². The summed E-state index contributed by atoms with van der Waals surface area (Å²) in [5.41, 5.74) is -0.871. The van der Waals surface area contributed by atoms with Crippen molar-refractivity contribution < 1.29 is 19.3 Å². The minimum Gasteiger partial charge on any atom is -0.469 e. The van der Waals surface area contributed by atoms with Gasteiger partial charge in [0, 0.05) is 6.42 Å². The summed E-state index contributed by atoms with van der Waals surface area (Å²) in [6.07, 6.45) is 24.4. The number of carbonyl (C=O) groups excluding carboxylic acids is 1. The molecule has 160 valence electrons. The summed E-state index contributed by atoms with van der Waals surface area (Å²) in [4.78, 5) is 22.6. The minimum absolute atomic E-state index is 0.235. The molecule has 0 aromatic carbocycles. The average Bonchev–Trinajstić information content (AvgIpc) is 2.96. The second-order valence-corrected chi connectivity index (χ2v) is 8.31. The number of unbranched alkanes of at least 4 members (excludes halogenated alkanes) is 6. The lowest BCUT2D eigenvalue weighted by molar-refractivity contribution is -0.345. The molecular weight excluding hydrogens is 352 g/mol. The zero-order chi connectivity index (χ0) is 20.7. The molecule has 4 heteroatoms. The van der Waals surface area contributed by atoms with Gasteiger partial charge >= 0.3 is 5.97 Å². The fraction of sp³-hybridized carbons (Fsp3) is 0.708. The summed E-state index contributed by atoms with van der Waals surface area (Å²) in [7, 11) is 1.40. The van der Waals surface area contributed by atoms with Crippen molar-refractivity contribution in [2.75, 3.05) is 7.11 Å². The molecule has 1 heterocycles. The van der Waals surface area contributed by atoms with Gasteiger partial charge in [0.2, 0.25) is 0 Å². The third-order valence-corrected chi connectivity index (χ3v) is 5.11. The van der Waals surface area contributed by atoms with E-state index >= 15 is 0 Å². The van der Waals surface area contributed by atoms with E-state index in [9.17, 15) is 4.79 Å². The van der Waals surface area contributed by atoms with Crippen LogP contribution in [-0.4, -0.2) is 24.3 Å². The maximum atomic E-state index is 11.5. The first-order valence-corrected chi connectivity index (χ1v) is 10.8. The van der Waals surface area contributed by atoms with Crippen LogP contribution in [0.5, 0.6) is 0 Å². The summed E-state index contributed by atoms with van der Waals surface area (Å²) in [5.74, 6) is -0.255. The van der Waals surface area contributed by atoms with Gasteiger partial charge < -0.3 is 4.74 Å². The molecule has 0 bridgehead atoms. The first kappa shape index (κ1) is 24.6. The van der Waals surface area contributed by atoms with Gasteiger partial charge in [0.25, 0.3) is 0 Å². The van der Waals surface area contributed by atoms with E-state index in [1.807, 2.05) is 6.92 Å². The molecule has 0 aliphatic carbocycles. The molecule has 1 fully saturated rings. The van der Waals surface area contributed by atoms with E-state index in [1.165, 1.54) is 39.2 Å². The molecule has 0 unspecified atom stereocenters. The first-order valence-electron chi connectivity index (χ1n) is 10.8. The van der Waals surface area contributed by atoms with Crippen LogP contribution in [-0.2, 0) is 19.3 Å². The van der Waals surface area contributed by atoms with Gasteiger partial charge in [-0.25, -0.2) is 9.78 Å². The van der Waals surface area contributed by atoms with Gasteiger partial charge in [-0.1, -0.05) is 75.5 Å². The van der Waals surface area contributed by atoms with Crippen LogP contribution in [0.3, 0.4) is 0 Å². The third kappa shape index (κ3) is 10.8. The van der Waals surface area contributed by atoms with Gasteiger partial charge in [-0.3, -0.25) is 4.79 Å². The molecule has 0 amide bonds. The maximum absolute atomic E-state index is 11.5. The van der Waals surface area contributed by atoms with Crippen molar-refractivity contribution >= 4 is 5.97 Å². The molecule has 0 saturated carbocycles. The van der Waals surface area contributed by atoms with Gasteiger partial charge in [-0.2, -0.15) is 0 Å². The number of ether oxygens (including phenoxy) is 1. The minimum atomic E-state index is -0.573. The molecule has 1 aliphatic rings. The summed E-state index contributed by atoms with van der Waals surface area (Å²) in [6.45, 7) is 6.14. The molecular formula is C24H40O4. The highest BCUT2D eigenvalue weighted by molar-refractivity contribution is 5.70. The van der Waals surface area contributed by atoms with E-state index in [-0.39, 0.29) is 18.0 Å². The lowest BCUT2D eigenvalue weighted by Gasteiger charge is -2.22. The maximum Gasteiger partial charge on any atom is 0.308 e. The second-order valence-electron chi connectivity index (χ2n) is 8.31. The number of carbonyl (C=O) groups is 1. The van der Waals surface area contributed by atoms with Crippen LogP contribution >= 0.6 is 0 Å². The molecule has 28 heavy (non-hydrogen) atoms. The molecule has 0 spiro atoms. The molecule has 0 aromatic rings. The quantitative estimate of drug-likeness (QED) is 0.144. The highest BCUT2D eigenvalue weighted by Gasteiger charge is 2.47. The Labute approximate surface area is 171 Å². The molecule has 1 aliphatic heterocycles. The van der Waals surface area contributed by atoms with Crippen molar-refractivity contribution in [3.05, 3.63) is 36.5 Å². The van der Waals surface area contributed by atoms with Crippen LogP contribution in [0.2, 0.25) is 0 Å². The van der Waals surface area contributed by atoms with Gasteiger partial charge in [0.1, 0.15) is 11.2 Å². The standard InChI is InChI=1S/C24H40O4/c1-5-6-7-8-9-10-11-12-13-14-15-16-17-18-19-23(2)21-24(3,28-27-23)20-22(25)26-4/h6-11H,5,12-21H2,1-4H3/b7-6+,9-8+,11-10+/t23-,24-/m1/s1. The predicted octanol–water partition coefficient (Wildman–Crippen LogP) is 6.62. The van der Waals surface area contributed by atoms with Gasteiger partial charge in [-0.05, 0) is 39.5 Å². The highest BCUT2D eigenvalue weighted by Crippen LogP contribution is 2.41. The van der Waals surface area contributed by atoms with Crippen LogP contribution in [0.4, 0.5) is 0 Å². The van der Waals surface area contributed by atoms with Crippen LogP contribution in [0, 0.1) is 0 Å². The zero-order valence-corrected chi connectivity index (χ0v) is 18.4. The Balaban J connectivity index is 2.04. The Morgan fingerprint density at radius 1 is 0.893 bits per heavy atom. The summed E-state index contributed by atoms with van der Waals surface area (Å²) in [5, 5.41) is 0. The highest BCUT2D eigenvalue weighted by atomic mass is 17.2. The number of methoxy groups -OCH3 is 1. The van der Waals surface area contributed by atoms with Crippen molar-refractivity contribution in [3.8, 4) is 0 Å². The molecule has 1 saturated heterocycles. The fourth-order valence-corrected chi connectivity index (χ4v) is 3.64. The molecule has 4 nitrogen and oxygen atoms in total. The number of esters is 1. The Morgan fingerprint density at radius 2 is 1.50 bits per heavy atom. The second kappa shape index (κ2) is 13.7. The molecule has 2 atom stereocenters. The molecule has 0 radical (unpaired) electrons. The predicted molar refractivity (Wildman–Crippen MR) is 115 cm³/mol. The van der Waals surface area contributed by atoms with E-state index in [2.05, 4.69) is 50.3 Å². The number of hydrogen-bond acceptors (Lipinski definition) is 4. The smallest absolute Gasteiger partial charge is 0.308 e. The monoisotopic (exact) mass is 392 g/mol. The Bertz CT molecular complexity index is 523. The Hall–Kier alpha value is -1.39. The van der Waals surface area contributed by atoms with Crippen LogP contribution in [0.1, 0.15) is 91.4 Å². The summed E-state index contributed by atoms with van der Waals surface area (Å²) < 4.78 is 4.75. The molecule has 0 aromatic heterocycles. The van der Waals surface area contributed by atoms with E-state index in [4.69, 9.17) is 14.5 Å². The number of rotatable bonds is 14. The van der Waals surface area contributed by atoms with Gasteiger partial charge in [0.15, 0.2) is 0 Å². The first-order chi connectivity index (χ1) is 13.4. The average molecular weight is 393 g/mol.